The van der Waals surface area contributed by atoms with Gasteiger partial charge >= 0.3 is 83.2 Å². The van der Waals surface area contributed by atoms with Crippen LogP contribution in [-0.2, 0) is 0 Å². The second kappa shape index (κ2) is 10.1. The van der Waals surface area contributed by atoms with Gasteiger partial charge < -0.3 is 0 Å². The van der Waals surface area contributed by atoms with Gasteiger partial charge in [0.15, 0.2) is 0 Å². The number of alkyl halides is 29. The molecule has 0 bridgehead atoms. The van der Waals surface area contributed by atoms with E-state index in [9.17, 15) is 127 Å². The van der Waals surface area contributed by atoms with Crippen LogP contribution >= 0.6 is 0 Å². The summed E-state index contributed by atoms with van der Waals surface area (Å²) in [5.74, 6) is -120. The molecule has 0 aromatic heterocycles. The smallest absolute Gasteiger partial charge is 0.195 e. The summed E-state index contributed by atoms with van der Waals surface area (Å²) >= 11 is 0. The lowest BCUT2D eigenvalue weighted by atomic mass is 9.83. The van der Waals surface area contributed by atoms with Gasteiger partial charge in [-0.3, -0.25) is 0 Å². The Morgan fingerprint density at radius 2 is 0.356 bits per heavy atom. The van der Waals surface area contributed by atoms with Crippen LogP contribution < -0.4 is 0 Å². The molecule has 0 saturated carbocycles. The highest BCUT2D eigenvalue weighted by molar-refractivity contribution is 5.21. The number of rotatable bonds is 13. The van der Waals surface area contributed by atoms with Crippen molar-refractivity contribution < 1.29 is 127 Å². The third-order valence-corrected chi connectivity index (χ3v) is 5.37. The predicted octanol–water partition coefficient (Wildman–Crippen LogP) is 9.99. The summed E-state index contributed by atoms with van der Waals surface area (Å²) in [5.41, 5.74) is 0. The molecule has 270 valence electrons. The fourth-order valence-corrected chi connectivity index (χ4v) is 2.49. The standard InChI is InChI=1S/C16H3F29/c1-2-3(17,18)4(19,20)5(21,22)6(23,24)7(25,26)8(27,28)9(29,30)10(31,32)11(33,34)12(35,36)13(37,38)14(39,40)15(41,42)16(43,44)45/h2H,1H2. The van der Waals surface area contributed by atoms with E-state index < -0.39 is 89.2 Å². The molecule has 0 aliphatic rings. The topological polar surface area (TPSA) is 0 Å². The average Bonchev–Trinajstić information content (AvgIpc) is 2.81. The highest BCUT2D eigenvalue weighted by Gasteiger charge is 3.00. The maximum absolute atomic E-state index is 13.6. The van der Waals surface area contributed by atoms with Crippen molar-refractivity contribution in [3.05, 3.63) is 12.7 Å². The van der Waals surface area contributed by atoms with Crippen LogP contribution in [0.1, 0.15) is 0 Å². The molecule has 0 aromatic carbocycles. The molecule has 0 unspecified atom stereocenters. The summed E-state index contributed by atoms with van der Waals surface area (Å²) in [6, 6.07) is 0. The van der Waals surface area contributed by atoms with Gasteiger partial charge in [-0.05, 0) is 6.08 Å². The maximum atomic E-state index is 13.6. The van der Waals surface area contributed by atoms with Crippen LogP contribution in [-0.4, -0.2) is 83.2 Å². The van der Waals surface area contributed by atoms with E-state index >= 15 is 0 Å². The van der Waals surface area contributed by atoms with Crippen molar-refractivity contribution >= 4 is 0 Å². The van der Waals surface area contributed by atoms with Crippen molar-refractivity contribution in [2.75, 3.05) is 0 Å². The average molecular weight is 746 g/mol. The van der Waals surface area contributed by atoms with Crippen molar-refractivity contribution in [3.8, 4) is 0 Å². The van der Waals surface area contributed by atoms with Gasteiger partial charge in [0.1, 0.15) is 0 Å². The lowest BCUT2D eigenvalue weighted by molar-refractivity contribution is -0.486. The van der Waals surface area contributed by atoms with Crippen molar-refractivity contribution in [1.82, 2.24) is 0 Å². The van der Waals surface area contributed by atoms with E-state index in [4.69, 9.17) is 0 Å². The van der Waals surface area contributed by atoms with Crippen molar-refractivity contribution in [2.45, 2.75) is 83.2 Å². The van der Waals surface area contributed by atoms with E-state index in [0.29, 0.717) is 0 Å². The molecule has 0 saturated heterocycles. The van der Waals surface area contributed by atoms with Gasteiger partial charge in [0.05, 0.1) is 0 Å². The van der Waals surface area contributed by atoms with Gasteiger partial charge in [0.2, 0.25) is 0 Å². The Hall–Kier alpha value is -2.29. The summed E-state index contributed by atoms with van der Waals surface area (Å²) < 4.78 is 383. The number of hydrogen-bond acceptors (Lipinski definition) is 0. The minimum absolute atomic E-state index is 1.55. The quantitative estimate of drug-likeness (QED) is 0.130. The molecule has 0 aliphatic heterocycles. The fourth-order valence-electron chi connectivity index (χ4n) is 2.49. The predicted molar refractivity (Wildman–Crippen MR) is 80.6 cm³/mol. The Labute approximate surface area is 224 Å². The number of allylic oxidation sites excluding steroid dienone is 1. The molecular formula is C16H3F29. The molecule has 0 N–H and O–H groups in total. The molecule has 0 fully saturated rings. The maximum Gasteiger partial charge on any atom is 0.460 e. The zero-order valence-corrected chi connectivity index (χ0v) is 19.2. The molecule has 0 spiro atoms. The molecule has 0 aromatic rings. The van der Waals surface area contributed by atoms with Gasteiger partial charge in [0, 0.05) is 0 Å². The Kier molecular flexibility index (Phi) is 9.59. The first-order valence-corrected chi connectivity index (χ1v) is 9.43. The fraction of sp³-hybridized carbons (Fsp3) is 0.875. The first kappa shape index (κ1) is 42.7. The summed E-state index contributed by atoms with van der Waals surface area (Å²) in [7, 11) is 0. The summed E-state index contributed by atoms with van der Waals surface area (Å²) in [6.45, 7) is 1.55. The first-order chi connectivity index (χ1) is 18.8. The van der Waals surface area contributed by atoms with Crippen molar-refractivity contribution in [1.29, 1.82) is 0 Å². The van der Waals surface area contributed by atoms with E-state index in [-0.39, 0.29) is 0 Å². The minimum Gasteiger partial charge on any atom is -0.195 e. The summed E-state index contributed by atoms with van der Waals surface area (Å²) in [6.07, 6.45) is -10.1. The van der Waals surface area contributed by atoms with Gasteiger partial charge in [-0.2, -0.15) is 127 Å². The summed E-state index contributed by atoms with van der Waals surface area (Å²) in [4.78, 5) is 0. The van der Waals surface area contributed by atoms with Crippen LogP contribution in [0.15, 0.2) is 12.7 Å². The van der Waals surface area contributed by atoms with E-state index in [2.05, 4.69) is 0 Å². The zero-order valence-electron chi connectivity index (χ0n) is 19.2. The first-order valence-electron chi connectivity index (χ1n) is 9.43. The third kappa shape index (κ3) is 4.75. The SMILES string of the molecule is C=CC(F)(F)C(F)(F)C(F)(F)C(F)(F)C(F)(F)C(F)(F)C(F)(F)C(F)(F)C(F)(F)C(F)(F)C(F)(F)C(F)(F)C(F)(F)C(F)(F)F. The van der Waals surface area contributed by atoms with Crippen LogP contribution in [0.2, 0.25) is 0 Å². The molecular weight excluding hydrogens is 743 g/mol. The van der Waals surface area contributed by atoms with Gasteiger partial charge in [0.25, 0.3) is 0 Å². The molecule has 0 radical (unpaired) electrons. The molecule has 0 heterocycles. The lowest BCUT2D eigenvalue weighted by Crippen LogP contribution is -2.79. The largest absolute Gasteiger partial charge is 0.460 e. The molecule has 0 aliphatic carbocycles. The van der Waals surface area contributed by atoms with E-state index in [0.717, 1.165) is 0 Å². The van der Waals surface area contributed by atoms with Crippen molar-refractivity contribution in [2.24, 2.45) is 0 Å². The number of hydrogen-bond donors (Lipinski definition) is 0. The molecule has 0 nitrogen and oxygen atoms in total. The Balaban J connectivity index is 7.55. The van der Waals surface area contributed by atoms with Crippen LogP contribution in [0, 0.1) is 0 Å². The van der Waals surface area contributed by atoms with Crippen LogP contribution in [0.4, 0.5) is 127 Å². The molecule has 45 heavy (non-hydrogen) atoms. The van der Waals surface area contributed by atoms with Crippen LogP contribution in [0.25, 0.3) is 0 Å². The molecule has 29 heteroatoms. The third-order valence-electron chi connectivity index (χ3n) is 5.37. The second-order valence-corrected chi connectivity index (χ2v) is 8.22. The van der Waals surface area contributed by atoms with Crippen LogP contribution in [0.3, 0.4) is 0 Å². The Bertz CT molecular complexity index is 1100. The summed E-state index contributed by atoms with van der Waals surface area (Å²) in [5, 5.41) is 0. The van der Waals surface area contributed by atoms with Gasteiger partial charge in [-0.15, -0.1) is 0 Å². The molecule has 0 atom stereocenters. The van der Waals surface area contributed by atoms with Gasteiger partial charge in [-0.1, -0.05) is 6.58 Å². The van der Waals surface area contributed by atoms with E-state index in [1.807, 2.05) is 0 Å². The minimum atomic E-state index is -9.91. The lowest BCUT2D eigenvalue weighted by Gasteiger charge is -2.46. The molecule has 0 amide bonds. The second-order valence-electron chi connectivity index (χ2n) is 8.22. The van der Waals surface area contributed by atoms with Gasteiger partial charge in [-0.25, -0.2) is 0 Å². The highest BCUT2D eigenvalue weighted by Crippen LogP contribution is 2.68. The molecule has 0 rings (SSSR count). The highest BCUT2D eigenvalue weighted by atomic mass is 19.4. The normalized spacial score (nSPS) is 17.1. The number of halogens is 29. The van der Waals surface area contributed by atoms with Crippen molar-refractivity contribution in [3.63, 3.8) is 0 Å². The van der Waals surface area contributed by atoms with E-state index in [1.54, 1.807) is 6.58 Å². The Morgan fingerprint density at radius 1 is 0.222 bits per heavy atom. The Morgan fingerprint density at radius 3 is 0.489 bits per heavy atom. The van der Waals surface area contributed by atoms with E-state index in [1.165, 1.54) is 0 Å². The van der Waals surface area contributed by atoms with Crippen LogP contribution in [0.5, 0.6) is 0 Å². The monoisotopic (exact) mass is 746 g/mol. The zero-order chi connectivity index (χ0) is 37.7.